The van der Waals surface area contributed by atoms with Crippen LogP contribution in [0.2, 0.25) is 0 Å². The number of amides is 1. The minimum Gasteiger partial charge on any atom is -0.497 e. The number of fused-ring (bicyclic) bond motifs is 1. The van der Waals surface area contributed by atoms with Crippen molar-refractivity contribution in [2.24, 2.45) is 5.10 Å². The number of methoxy groups -OCH3 is 2. The molecule has 4 rings (SSSR count). The first-order chi connectivity index (χ1) is 13.6. The van der Waals surface area contributed by atoms with Gasteiger partial charge < -0.3 is 9.47 Å². The predicted octanol–water partition coefficient (Wildman–Crippen LogP) is 4.66. The summed E-state index contributed by atoms with van der Waals surface area (Å²) in [5.41, 5.74) is 2.77. The Labute approximate surface area is 163 Å². The molecular formula is C23H20N2O3. The first kappa shape index (κ1) is 17.8. The minimum absolute atomic E-state index is 0.161. The van der Waals surface area contributed by atoms with E-state index in [0.29, 0.717) is 17.0 Å². The second-order valence-corrected chi connectivity index (χ2v) is 6.46. The lowest BCUT2D eigenvalue weighted by atomic mass is 9.99. The maximum atomic E-state index is 13.1. The van der Waals surface area contributed by atoms with Crippen LogP contribution in [0.15, 0.2) is 71.3 Å². The van der Waals surface area contributed by atoms with E-state index >= 15 is 0 Å². The zero-order chi connectivity index (χ0) is 19.7. The first-order valence-corrected chi connectivity index (χ1v) is 8.94. The number of hydrogen-bond donors (Lipinski definition) is 0. The molecule has 0 aliphatic carbocycles. The number of nitrogens with zero attached hydrogens (tertiary/aromatic N) is 2. The summed E-state index contributed by atoms with van der Waals surface area (Å²) in [6, 6.07) is 19.1. The van der Waals surface area contributed by atoms with E-state index in [-0.39, 0.29) is 5.91 Å². The number of carbonyl (C=O) groups excluding carboxylic acids is 1. The monoisotopic (exact) mass is 372 g/mol. The fourth-order valence-electron chi connectivity index (χ4n) is 3.33. The number of ether oxygens (including phenoxy) is 2. The van der Waals surface area contributed by atoms with Crippen molar-refractivity contribution < 1.29 is 14.3 Å². The summed E-state index contributed by atoms with van der Waals surface area (Å²) in [5.74, 6) is 1.27. The van der Waals surface area contributed by atoms with Gasteiger partial charge in [0.05, 0.1) is 31.2 Å². The lowest BCUT2D eigenvalue weighted by molar-refractivity contribution is -0.114. The smallest absolute Gasteiger partial charge is 0.280 e. The first-order valence-electron chi connectivity index (χ1n) is 8.94. The fraction of sp³-hybridized carbons (Fsp3) is 0.130. The van der Waals surface area contributed by atoms with Crippen LogP contribution >= 0.6 is 0 Å². The zero-order valence-corrected chi connectivity index (χ0v) is 16.0. The second kappa shape index (κ2) is 7.19. The van der Waals surface area contributed by atoms with Gasteiger partial charge in [0, 0.05) is 5.56 Å². The van der Waals surface area contributed by atoms with E-state index < -0.39 is 0 Å². The molecule has 140 valence electrons. The van der Waals surface area contributed by atoms with Crippen LogP contribution in [0, 0.1) is 0 Å². The van der Waals surface area contributed by atoms with Crippen molar-refractivity contribution in [3.8, 4) is 11.5 Å². The highest BCUT2D eigenvalue weighted by Crippen LogP contribution is 2.34. The van der Waals surface area contributed by atoms with E-state index in [2.05, 4.69) is 5.10 Å². The molecule has 28 heavy (non-hydrogen) atoms. The van der Waals surface area contributed by atoms with Gasteiger partial charge in [0.15, 0.2) is 0 Å². The van der Waals surface area contributed by atoms with Crippen molar-refractivity contribution in [3.63, 3.8) is 0 Å². The van der Waals surface area contributed by atoms with Crippen molar-refractivity contribution in [1.82, 2.24) is 0 Å². The summed E-state index contributed by atoms with van der Waals surface area (Å²) in [7, 11) is 3.26. The average molecular weight is 372 g/mol. The molecule has 3 aromatic rings. The zero-order valence-electron chi connectivity index (χ0n) is 16.0. The number of benzene rings is 3. The maximum absolute atomic E-state index is 13.1. The number of carbonyl (C=O) groups is 1. The lowest BCUT2D eigenvalue weighted by Crippen LogP contribution is -2.21. The topological polar surface area (TPSA) is 51.1 Å². The van der Waals surface area contributed by atoms with Gasteiger partial charge in [0.1, 0.15) is 11.5 Å². The number of rotatable bonds is 4. The Kier molecular flexibility index (Phi) is 4.57. The molecule has 0 N–H and O–H groups in total. The van der Waals surface area contributed by atoms with Gasteiger partial charge in [-0.25, -0.2) is 0 Å². The quantitative estimate of drug-likeness (QED) is 0.626. The Morgan fingerprint density at radius 2 is 1.71 bits per heavy atom. The molecule has 3 aromatic carbocycles. The summed E-state index contributed by atoms with van der Waals surface area (Å²) < 4.78 is 10.9. The Balaban J connectivity index is 1.86. The Hall–Kier alpha value is -3.60. The van der Waals surface area contributed by atoms with Gasteiger partial charge in [0.25, 0.3) is 5.91 Å². The van der Waals surface area contributed by atoms with Crippen LogP contribution in [-0.2, 0) is 4.79 Å². The van der Waals surface area contributed by atoms with Crippen molar-refractivity contribution in [3.05, 3.63) is 71.8 Å². The van der Waals surface area contributed by atoms with Gasteiger partial charge in [0.2, 0.25) is 0 Å². The highest BCUT2D eigenvalue weighted by Gasteiger charge is 2.29. The molecule has 0 fully saturated rings. The average Bonchev–Trinajstić information content (AvgIpc) is 3.02. The molecule has 0 saturated heterocycles. The van der Waals surface area contributed by atoms with Gasteiger partial charge >= 0.3 is 0 Å². The third kappa shape index (κ3) is 3.01. The summed E-state index contributed by atoms with van der Waals surface area (Å²) in [4.78, 5) is 13.1. The molecule has 0 spiro atoms. The Morgan fingerprint density at radius 1 is 0.964 bits per heavy atom. The molecule has 1 aliphatic heterocycles. The summed E-state index contributed by atoms with van der Waals surface area (Å²) >= 11 is 0. The predicted molar refractivity (Wildman–Crippen MR) is 112 cm³/mol. The van der Waals surface area contributed by atoms with E-state index in [1.807, 2.05) is 73.7 Å². The van der Waals surface area contributed by atoms with E-state index in [1.165, 1.54) is 5.01 Å². The van der Waals surface area contributed by atoms with Gasteiger partial charge in [-0.15, -0.1) is 0 Å². The highest BCUT2D eigenvalue weighted by atomic mass is 16.5. The molecule has 0 unspecified atom stereocenters. The molecule has 1 amide bonds. The molecule has 0 saturated carbocycles. The minimum atomic E-state index is -0.161. The van der Waals surface area contributed by atoms with Crippen LogP contribution in [0.3, 0.4) is 0 Å². The molecule has 5 heteroatoms. The van der Waals surface area contributed by atoms with Crippen LogP contribution in [0.5, 0.6) is 11.5 Å². The van der Waals surface area contributed by atoms with Crippen LogP contribution in [0.1, 0.15) is 12.5 Å². The van der Waals surface area contributed by atoms with E-state index in [1.54, 1.807) is 14.2 Å². The van der Waals surface area contributed by atoms with Crippen molar-refractivity contribution in [2.45, 2.75) is 6.92 Å². The van der Waals surface area contributed by atoms with Crippen LogP contribution in [-0.4, -0.2) is 25.8 Å². The third-order valence-corrected chi connectivity index (χ3v) is 4.80. The number of anilines is 1. The fourth-order valence-corrected chi connectivity index (χ4v) is 3.33. The highest BCUT2D eigenvalue weighted by molar-refractivity contribution is 6.32. The standard InChI is InChI=1S/C23H20N2O3/c1-15-19(23(26)25(24-15)17-7-5-4-6-8-17)14-21-20-13-18(27-2)11-9-16(20)10-12-22(21)28-3/h4-14H,1-3H3. The molecular weight excluding hydrogens is 352 g/mol. The lowest BCUT2D eigenvalue weighted by Gasteiger charge is -2.12. The summed E-state index contributed by atoms with van der Waals surface area (Å²) in [6.45, 7) is 1.84. The van der Waals surface area contributed by atoms with Crippen molar-refractivity contribution >= 4 is 34.2 Å². The summed E-state index contributed by atoms with van der Waals surface area (Å²) in [5, 5.41) is 7.87. The second-order valence-electron chi connectivity index (χ2n) is 6.46. The normalized spacial score (nSPS) is 15.2. The van der Waals surface area contributed by atoms with Gasteiger partial charge in [-0.2, -0.15) is 10.1 Å². The Bertz CT molecular complexity index is 1110. The number of hydrogen-bond acceptors (Lipinski definition) is 4. The van der Waals surface area contributed by atoms with Gasteiger partial charge in [-0.1, -0.05) is 30.3 Å². The maximum Gasteiger partial charge on any atom is 0.280 e. The van der Waals surface area contributed by atoms with Gasteiger partial charge in [-0.05, 0) is 54.1 Å². The molecule has 0 aromatic heterocycles. The van der Waals surface area contributed by atoms with Crippen LogP contribution in [0.25, 0.3) is 16.8 Å². The molecule has 1 aliphatic rings. The van der Waals surface area contributed by atoms with E-state index in [4.69, 9.17) is 9.47 Å². The third-order valence-electron chi connectivity index (χ3n) is 4.80. The van der Waals surface area contributed by atoms with Crippen molar-refractivity contribution in [1.29, 1.82) is 0 Å². The van der Waals surface area contributed by atoms with Gasteiger partial charge in [-0.3, -0.25) is 4.79 Å². The van der Waals surface area contributed by atoms with Crippen LogP contribution in [0.4, 0.5) is 5.69 Å². The van der Waals surface area contributed by atoms with E-state index in [9.17, 15) is 4.79 Å². The summed E-state index contributed by atoms with van der Waals surface area (Å²) in [6.07, 6.45) is 1.85. The van der Waals surface area contributed by atoms with Crippen molar-refractivity contribution in [2.75, 3.05) is 19.2 Å². The van der Waals surface area contributed by atoms with Crippen LogP contribution < -0.4 is 14.5 Å². The Morgan fingerprint density at radius 3 is 2.43 bits per heavy atom. The number of hydrazone groups is 1. The van der Waals surface area contributed by atoms with E-state index in [0.717, 1.165) is 27.8 Å². The molecule has 0 atom stereocenters. The molecule has 1 heterocycles. The SMILES string of the molecule is COc1ccc2ccc(OC)c(C=C3C(=O)N(c4ccccc4)N=C3C)c2c1. The molecule has 0 bridgehead atoms. The number of para-hydroxylation sites is 1. The molecule has 0 radical (unpaired) electrons. The largest absolute Gasteiger partial charge is 0.497 e. The molecule has 5 nitrogen and oxygen atoms in total.